The molecule has 0 fully saturated rings. The highest BCUT2D eigenvalue weighted by Gasteiger charge is 2.42. The van der Waals surface area contributed by atoms with E-state index in [4.69, 9.17) is 4.84 Å². The minimum absolute atomic E-state index is 0.0198. The molecule has 2 bridgehead atoms. The van der Waals surface area contributed by atoms with E-state index in [-0.39, 0.29) is 30.0 Å². The summed E-state index contributed by atoms with van der Waals surface area (Å²) in [5.74, 6) is -1.95. The third kappa shape index (κ3) is 2.88. The number of rotatable bonds is 5. The predicted molar refractivity (Wildman–Crippen MR) is 93.7 cm³/mol. The SMILES string of the molecule is O=C(N[C@@H](Cc1ccccc1)C(=O)O)On1c(O)c2c(c1O)C1C=CC2C1. The van der Waals surface area contributed by atoms with Crippen LogP contribution in [0.5, 0.6) is 11.8 Å². The Balaban J connectivity index is 1.49. The number of benzene rings is 1. The first-order valence-electron chi connectivity index (χ1n) is 8.56. The van der Waals surface area contributed by atoms with Crippen molar-refractivity contribution in [3.05, 3.63) is 59.2 Å². The van der Waals surface area contributed by atoms with Crippen molar-refractivity contribution in [2.24, 2.45) is 0 Å². The minimum Gasteiger partial charge on any atom is -0.492 e. The number of nitrogens with one attached hydrogen (secondary N) is 1. The molecule has 2 unspecified atom stereocenters. The number of amides is 1. The minimum atomic E-state index is -1.22. The standard InChI is InChI=1S/C19H18N2O6/c22-16-14-11-6-7-12(9-11)15(14)17(23)21(16)27-19(26)20-13(18(24)25)8-10-4-2-1-3-5-10/h1-7,11-13,22-23H,8-9H2,(H,20,26)(H,24,25)/t11?,12?,13-/m0/s1. The second kappa shape index (κ2) is 6.39. The second-order valence-electron chi connectivity index (χ2n) is 6.71. The van der Waals surface area contributed by atoms with Gasteiger partial charge < -0.3 is 25.5 Å². The van der Waals surface area contributed by atoms with Crippen LogP contribution in [0.2, 0.25) is 0 Å². The molecule has 1 aromatic carbocycles. The fourth-order valence-electron chi connectivity index (χ4n) is 3.81. The van der Waals surface area contributed by atoms with E-state index < -0.39 is 18.1 Å². The number of nitrogens with zero attached hydrogens (tertiary/aromatic N) is 1. The molecule has 2 aromatic rings. The van der Waals surface area contributed by atoms with E-state index in [9.17, 15) is 24.9 Å². The van der Waals surface area contributed by atoms with E-state index >= 15 is 0 Å². The van der Waals surface area contributed by atoms with Gasteiger partial charge in [0.05, 0.1) is 0 Å². The van der Waals surface area contributed by atoms with Gasteiger partial charge in [-0.3, -0.25) is 0 Å². The molecule has 0 spiro atoms. The number of hydrogen-bond donors (Lipinski definition) is 4. The smallest absolute Gasteiger partial charge is 0.432 e. The zero-order valence-corrected chi connectivity index (χ0v) is 14.2. The molecule has 0 aliphatic heterocycles. The molecule has 1 aromatic heterocycles. The number of aromatic nitrogens is 1. The summed E-state index contributed by atoms with van der Waals surface area (Å²) in [6.45, 7) is 0. The van der Waals surface area contributed by atoms with E-state index in [1.165, 1.54) is 0 Å². The topological polar surface area (TPSA) is 121 Å². The lowest BCUT2D eigenvalue weighted by molar-refractivity contribution is -0.139. The molecule has 4 rings (SSSR count). The molecule has 8 heteroatoms. The van der Waals surface area contributed by atoms with Crippen molar-refractivity contribution < 1.29 is 29.7 Å². The molecule has 1 heterocycles. The molecule has 2 aliphatic rings. The summed E-state index contributed by atoms with van der Waals surface area (Å²) >= 11 is 0. The number of carboxylic acids is 1. The lowest BCUT2D eigenvalue weighted by Gasteiger charge is -2.15. The van der Waals surface area contributed by atoms with Crippen molar-refractivity contribution in [2.75, 3.05) is 0 Å². The normalized spacial score (nSPS) is 20.3. The Hall–Kier alpha value is -3.42. The molecule has 3 atom stereocenters. The average molecular weight is 370 g/mol. The lowest BCUT2D eigenvalue weighted by Crippen LogP contribution is -2.45. The number of fused-ring (bicyclic) bond motifs is 5. The van der Waals surface area contributed by atoms with E-state index in [0.717, 1.165) is 12.0 Å². The Kier molecular flexibility index (Phi) is 4.02. The van der Waals surface area contributed by atoms with E-state index in [1.54, 1.807) is 30.3 Å². The third-order valence-corrected chi connectivity index (χ3v) is 5.03. The van der Waals surface area contributed by atoms with Crippen molar-refractivity contribution in [2.45, 2.75) is 30.7 Å². The van der Waals surface area contributed by atoms with Gasteiger partial charge in [-0.05, 0) is 12.0 Å². The fourth-order valence-corrected chi connectivity index (χ4v) is 3.81. The molecule has 27 heavy (non-hydrogen) atoms. The second-order valence-corrected chi connectivity index (χ2v) is 6.71. The predicted octanol–water partition coefficient (Wildman–Crippen LogP) is 1.87. The first-order valence-corrected chi connectivity index (χ1v) is 8.56. The zero-order chi connectivity index (χ0) is 19.1. The monoisotopic (exact) mass is 370 g/mol. The highest BCUT2D eigenvalue weighted by Crippen LogP contribution is 2.56. The van der Waals surface area contributed by atoms with Crippen LogP contribution in [-0.2, 0) is 11.2 Å². The molecule has 0 saturated carbocycles. The van der Waals surface area contributed by atoms with Crippen LogP contribution in [0.3, 0.4) is 0 Å². The summed E-state index contributed by atoms with van der Waals surface area (Å²) in [7, 11) is 0. The number of aliphatic carboxylic acids is 1. The van der Waals surface area contributed by atoms with Crippen molar-refractivity contribution in [3.63, 3.8) is 0 Å². The maximum Gasteiger partial charge on any atom is 0.432 e. The largest absolute Gasteiger partial charge is 0.492 e. The van der Waals surface area contributed by atoms with Gasteiger partial charge in [0.2, 0.25) is 11.8 Å². The summed E-state index contributed by atoms with van der Waals surface area (Å²) in [5.41, 5.74) is 1.83. The van der Waals surface area contributed by atoms with Crippen molar-refractivity contribution in [3.8, 4) is 11.8 Å². The maximum atomic E-state index is 12.2. The van der Waals surface area contributed by atoms with Gasteiger partial charge >= 0.3 is 12.1 Å². The van der Waals surface area contributed by atoms with Gasteiger partial charge in [-0.15, -0.1) is 4.73 Å². The molecule has 140 valence electrons. The molecule has 1 amide bonds. The van der Waals surface area contributed by atoms with Crippen LogP contribution in [0, 0.1) is 0 Å². The van der Waals surface area contributed by atoms with Crippen LogP contribution in [-0.4, -0.2) is 38.2 Å². The van der Waals surface area contributed by atoms with Crippen LogP contribution >= 0.6 is 0 Å². The van der Waals surface area contributed by atoms with Gasteiger partial charge in [0.1, 0.15) is 6.04 Å². The number of hydrogen-bond acceptors (Lipinski definition) is 5. The average Bonchev–Trinajstić information content (AvgIpc) is 3.32. The molecular formula is C19H18N2O6. The van der Waals surface area contributed by atoms with Crippen LogP contribution in [0.15, 0.2) is 42.5 Å². The van der Waals surface area contributed by atoms with Gasteiger partial charge in [-0.1, -0.05) is 42.5 Å². The zero-order valence-electron chi connectivity index (χ0n) is 14.2. The molecule has 8 nitrogen and oxygen atoms in total. The number of aromatic hydroxyl groups is 2. The first-order chi connectivity index (χ1) is 13.0. The van der Waals surface area contributed by atoms with Crippen molar-refractivity contribution in [1.29, 1.82) is 0 Å². The fraction of sp³-hybridized carbons (Fsp3) is 0.263. The van der Waals surface area contributed by atoms with Crippen LogP contribution in [0.25, 0.3) is 0 Å². The molecule has 2 aliphatic carbocycles. The maximum absolute atomic E-state index is 12.2. The Labute approximate surface area is 154 Å². The molecule has 0 radical (unpaired) electrons. The van der Waals surface area contributed by atoms with Crippen LogP contribution < -0.4 is 10.2 Å². The summed E-state index contributed by atoms with van der Waals surface area (Å²) in [6, 6.07) is 7.63. The third-order valence-electron chi connectivity index (χ3n) is 5.03. The van der Waals surface area contributed by atoms with E-state index in [0.29, 0.717) is 15.9 Å². The highest BCUT2D eigenvalue weighted by molar-refractivity contribution is 5.80. The Bertz CT molecular complexity index is 898. The number of allylic oxidation sites excluding steroid dienone is 2. The summed E-state index contributed by atoms with van der Waals surface area (Å²) in [4.78, 5) is 28.6. The van der Waals surface area contributed by atoms with Gasteiger partial charge in [0, 0.05) is 29.4 Å². The van der Waals surface area contributed by atoms with Gasteiger partial charge in [0.25, 0.3) is 0 Å². The van der Waals surface area contributed by atoms with E-state index in [1.807, 2.05) is 12.2 Å². The van der Waals surface area contributed by atoms with Gasteiger partial charge in [-0.25, -0.2) is 9.59 Å². The summed E-state index contributed by atoms with van der Waals surface area (Å²) in [5, 5.41) is 32.3. The van der Waals surface area contributed by atoms with Crippen LogP contribution in [0.4, 0.5) is 4.79 Å². The number of carbonyl (C=O) groups excluding carboxylic acids is 1. The van der Waals surface area contributed by atoms with Gasteiger partial charge in [0.15, 0.2) is 0 Å². The summed E-state index contributed by atoms with van der Waals surface area (Å²) < 4.78 is 0.646. The molecule has 0 saturated heterocycles. The first kappa shape index (κ1) is 17.0. The molecular weight excluding hydrogens is 352 g/mol. The summed E-state index contributed by atoms with van der Waals surface area (Å²) in [6.07, 6.45) is 3.64. The lowest BCUT2D eigenvalue weighted by atomic mass is 10.0. The van der Waals surface area contributed by atoms with Crippen LogP contribution in [0.1, 0.15) is 34.9 Å². The quantitative estimate of drug-likeness (QED) is 0.596. The number of carboxylic acid groups (broad SMARTS) is 1. The van der Waals surface area contributed by atoms with Gasteiger partial charge in [-0.2, -0.15) is 0 Å². The molecule has 4 N–H and O–H groups in total. The Morgan fingerprint density at radius 2 is 1.70 bits per heavy atom. The highest BCUT2D eigenvalue weighted by atomic mass is 16.7. The Morgan fingerprint density at radius 3 is 2.26 bits per heavy atom. The Morgan fingerprint density at radius 1 is 1.11 bits per heavy atom. The van der Waals surface area contributed by atoms with Crippen molar-refractivity contribution >= 4 is 12.1 Å². The van der Waals surface area contributed by atoms with Crippen molar-refractivity contribution in [1.82, 2.24) is 10.0 Å². The number of carbonyl (C=O) groups is 2. The van der Waals surface area contributed by atoms with E-state index in [2.05, 4.69) is 5.32 Å².